The number of aromatic nitrogens is 3. The van der Waals surface area contributed by atoms with E-state index in [9.17, 15) is 4.79 Å². The summed E-state index contributed by atoms with van der Waals surface area (Å²) in [6.07, 6.45) is 5.48. The number of nitrogens with zero attached hydrogens (tertiary/aromatic N) is 5. The van der Waals surface area contributed by atoms with E-state index >= 15 is 0 Å². The molecule has 2 aromatic heterocycles. The summed E-state index contributed by atoms with van der Waals surface area (Å²) in [6.45, 7) is 2.95. The first kappa shape index (κ1) is 16.7. The summed E-state index contributed by atoms with van der Waals surface area (Å²) in [6, 6.07) is 10.1. The van der Waals surface area contributed by atoms with Gasteiger partial charge in [-0.3, -0.25) is 9.78 Å². The number of piperazine rings is 1. The fourth-order valence-electron chi connectivity index (χ4n) is 3.01. The molecule has 1 amide bonds. The van der Waals surface area contributed by atoms with Crippen LogP contribution in [0.2, 0.25) is 0 Å². The average Bonchev–Trinajstić information content (AvgIpc) is 3.18. The zero-order valence-corrected chi connectivity index (χ0v) is 15.1. The minimum atomic E-state index is 0.133. The summed E-state index contributed by atoms with van der Waals surface area (Å²) < 4.78 is 0. The Morgan fingerprint density at radius 2 is 1.88 bits per heavy atom. The van der Waals surface area contributed by atoms with Gasteiger partial charge in [0.1, 0.15) is 10.8 Å². The maximum absolute atomic E-state index is 12.6. The fourth-order valence-corrected chi connectivity index (χ4v) is 3.83. The van der Waals surface area contributed by atoms with Crippen molar-refractivity contribution >= 4 is 23.1 Å². The smallest absolute Gasteiger partial charge is 0.228 e. The van der Waals surface area contributed by atoms with Crippen molar-refractivity contribution in [2.45, 2.75) is 6.42 Å². The van der Waals surface area contributed by atoms with E-state index < -0.39 is 0 Å². The molecule has 0 spiro atoms. The van der Waals surface area contributed by atoms with Crippen LogP contribution in [0.25, 0.3) is 10.6 Å². The lowest BCUT2D eigenvalue weighted by molar-refractivity contribution is -0.130. The van der Waals surface area contributed by atoms with Crippen molar-refractivity contribution in [1.82, 2.24) is 19.9 Å². The number of anilines is 1. The molecule has 7 heteroatoms. The topological polar surface area (TPSA) is 62.2 Å². The first-order valence-corrected chi connectivity index (χ1v) is 9.46. The molecule has 0 saturated carbocycles. The van der Waals surface area contributed by atoms with E-state index in [4.69, 9.17) is 0 Å². The number of hydrogen-bond donors (Lipinski definition) is 0. The molecule has 0 aliphatic carbocycles. The number of benzene rings is 1. The highest BCUT2D eigenvalue weighted by Gasteiger charge is 2.22. The van der Waals surface area contributed by atoms with E-state index in [1.807, 2.05) is 40.6 Å². The fraction of sp³-hybridized carbons (Fsp3) is 0.263. The Hall–Kier alpha value is -2.80. The van der Waals surface area contributed by atoms with Gasteiger partial charge >= 0.3 is 0 Å². The van der Waals surface area contributed by atoms with Gasteiger partial charge in [0.25, 0.3) is 0 Å². The second-order valence-electron chi connectivity index (χ2n) is 6.12. The molecule has 1 aliphatic heterocycles. The van der Waals surface area contributed by atoms with Gasteiger partial charge in [-0.25, -0.2) is 9.97 Å². The quantitative estimate of drug-likeness (QED) is 0.711. The zero-order valence-electron chi connectivity index (χ0n) is 14.3. The van der Waals surface area contributed by atoms with E-state index in [2.05, 4.69) is 19.9 Å². The van der Waals surface area contributed by atoms with Gasteiger partial charge in [-0.15, -0.1) is 11.3 Å². The minimum absolute atomic E-state index is 0.133. The molecule has 26 heavy (non-hydrogen) atoms. The predicted octanol–water partition coefficient (Wildman–Crippen LogP) is 2.49. The number of rotatable bonds is 4. The molecule has 132 valence electrons. The highest BCUT2D eigenvalue weighted by atomic mass is 32.1. The summed E-state index contributed by atoms with van der Waals surface area (Å²) in [5, 5.41) is 2.94. The van der Waals surface area contributed by atoms with Crippen LogP contribution in [0.1, 0.15) is 5.69 Å². The molecule has 1 aliphatic rings. The highest BCUT2D eigenvalue weighted by molar-refractivity contribution is 7.13. The van der Waals surface area contributed by atoms with Gasteiger partial charge in [0.15, 0.2) is 0 Å². The van der Waals surface area contributed by atoms with Gasteiger partial charge in [0.05, 0.1) is 18.3 Å². The maximum atomic E-state index is 12.6. The van der Waals surface area contributed by atoms with Crippen molar-refractivity contribution in [3.8, 4) is 10.6 Å². The summed E-state index contributed by atoms with van der Waals surface area (Å²) in [5.74, 6) is 1.00. The maximum Gasteiger partial charge on any atom is 0.228 e. The third-order valence-electron chi connectivity index (χ3n) is 4.41. The molecule has 0 bridgehead atoms. The Morgan fingerprint density at radius 3 is 2.62 bits per heavy atom. The van der Waals surface area contributed by atoms with Crippen molar-refractivity contribution in [2.24, 2.45) is 0 Å². The van der Waals surface area contributed by atoms with Gasteiger partial charge in [0.2, 0.25) is 5.91 Å². The lowest BCUT2D eigenvalue weighted by Crippen LogP contribution is -2.49. The normalized spacial score (nSPS) is 14.5. The number of carbonyl (C=O) groups is 1. The first-order chi connectivity index (χ1) is 12.8. The van der Waals surface area contributed by atoms with Crippen molar-refractivity contribution in [2.75, 3.05) is 31.1 Å². The Bertz CT molecular complexity index is 860. The zero-order chi connectivity index (χ0) is 17.8. The molecule has 1 aromatic carbocycles. The molecule has 0 atom stereocenters. The van der Waals surface area contributed by atoms with E-state index in [1.54, 1.807) is 29.9 Å². The van der Waals surface area contributed by atoms with Crippen molar-refractivity contribution in [3.63, 3.8) is 0 Å². The molecule has 1 saturated heterocycles. The molecule has 6 nitrogen and oxygen atoms in total. The predicted molar refractivity (Wildman–Crippen MR) is 102 cm³/mol. The van der Waals surface area contributed by atoms with Crippen LogP contribution in [-0.2, 0) is 11.2 Å². The van der Waals surface area contributed by atoms with Crippen LogP contribution < -0.4 is 4.90 Å². The molecule has 3 aromatic rings. The van der Waals surface area contributed by atoms with Crippen LogP contribution in [0, 0.1) is 0 Å². The Kier molecular flexibility index (Phi) is 4.88. The van der Waals surface area contributed by atoms with E-state index in [-0.39, 0.29) is 5.91 Å². The van der Waals surface area contributed by atoms with Crippen molar-refractivity contribution < 1.29 is 4.79 Å². The van der Waals surface area contributed by atoms with Gasteiger partial charge in [0, 0.05) is 49.5 Å². The molecule has 4 rings (SSSR count). The van der Waals surface area contributed by atoms with Crippen molar-refractivity contribution in [1.29, 1.82) is 0 Å². The van der Waals surface area contributed by atoms with E-state index in [0.29, 0.717) is 19.5 Å². The summed E-state index contributed by atoms with van der Waals surface area (Å²) in [4.78, 5) is 29.7. The summed E-state index contributed by atoms with van der Waals surface area (Å²) in [5.41, 5.74) is 1.93. The Morgan fingerprint density at radius 1 is 1.08 bits per heavy atom. The Balaban J connectivity index is 1.34. The van der Waals surface area contributed by atoms with Gasteiger partial charge in [-0.1, -0.05) is 30.3 Å². The monoisotopic (exact) mass is 365 g/mol. The molecule has 0 N–H and O–H groups in total. The van der Waals surface area contributed by atoms with E-state index in [1.165, 1.54) is 0 Å². The number of thiazole rings is 1. The first-order valence-electron chi connectivity index (χ1n) is 8.58. The minimum Gasteiger partial charge on any atom is -0.352 e. The third kappa shape index (κ3) is 3.72. The molecular formula is C19H19N5OS. The van der Waals surface area contributed by atoms with Crippen LogP contribution in [0.4, 0.5) is 5.82 Å². The average molecular weight is 365 g/mol. The molecule has 3 heterocycles. The number of carbonyl (C=O) groups excluding carboxylic acids is 1. The molecule has 1 fully saturated rings. The highest BCUT2D eigenvalue weighted by Crippen LogP contribution is 2.23. The summed E-state index contributed by atoms with van der Waals surface area (Å²) >= 11 is 1.58. The van der Waals surface area contributed by atoms with Crippen molar-refractivity contribution in [3.05, 3.63) is 60.0 Å². The van der Waals surface area contributed by atoms with Crippen LogP contribution in [0.3, 0.4) is 0 Å². The SMILES string of the molecule is O=C(Cc1csc(-c2ccccc2)n1)N1CCN(c2cnccn2)CC1. The standard InChI is InChI=1S/C19H19N5OS/c25-18(12-16-14-26-19(22-16)15-4-2-1-3-5-15)24-10-8-23(9-11-24)17-13-20-6-7-21-17/h1-7,13-14H,8-12H2. The molecule has 0 radical (unpaired) electrons. The van der Waals surface area contributed by atoms with Crippen LogP contribution >= 0.6 is 11.3 Å². The second-order valence-corrected chi connectivity index (χ2v) is 6.98. The van der Waals surface area contributed by atoms with E-state index in [0.717, 1.165) is 35.2 Å². The Labute approximate surface area is 156 Å². The number of amides is 1. The lowest BCUT2D eigenvalue weighted by Gasteiger charge is -2.35. The van der Waals surface area contributed by atoms with Gasteiger partial charge < -0.3 is 9.80 Å². The number of hydrogen-bond acceptors (Lipinski definition) is 6. The second kappa shape index (κ2) is 7.61. The van der Waals surface area contributed by atoms with Crippen LogP contribution in [0.15, 0.2) is 54.3 Å². The summed E-state index contributed by atoms with van der Waals surface area (Å²) in [7, 11) is 0. The van der Waals surface area contributed by atoms with Crippen LogP contribution in [0.5, 0.6) is 0 Å². The molecular weight excluding hydrogens is 346 g/mol. The van der Waals surface area contributed by atoms with Gasteiger partial charge in [-0.05, 0) is 0 Å². The van der Waals surface area contributed by atoms with Crippen LogP contribution in [-0.4, -0.2) is 51.9 Å². The third-order valence-corrected chi connectivity index (χ3v) is 5.35. The van der Waals surface area contributed by atoms with Gasteiger partial charge in [-0.2, -0.15) is 0 Å². The largest absolute Gasteiger partial charge is 0.352 e. The lowest BCUT2D eigenvalue weighted by atomic mass is 10.2. The molecule has 0 unspecified atom stereocenters.